The third kappa shape index (κ3) is 2.69. The fraction of sp³-hybridized carbons (Fsp3) is 0.615. The average Bonchev–Trinajstić information content (AvgIpc) is 2.91. The van der Waals surface area contributed by atoms with Crippen LogP contribution in [-0.2, 0) is 0 Å². The Hall–Kier alpha value is -1.29. The maximum Gasteiger partial charge on any atom is 0.257 e. The van der Waals surface area contributed by atoms with Crippen LogP contribution in [0.1, 0.15) is 36.0 Å². The molecule has 0 saturated heterocycles. The minimum absolute atomic E-state index is 0.0617. The molecule has 1 fully saturated rings. The van der Waals surface area contributed by atoms with Crippen LogP contribution in [-0.4, -0.2) is 37.0 Å². The molecule has 0 spiro atoms. The summed E-state index contributed by atoms with van der Waals surface area (Å²) in [5.41, 5.74) is 0.642. The van der Waals surface area contributed by atoms with Gasteiger partial charge in [-0.25, -0.2) is 0 Å². The fourth-order valence-electron chi connectivity index (χ4n) is 2.51. The molecule has 1 aliphatic rings. The zero-order valence-corrected chi connectivity index (χ0v) is 10.5. The molecule has 0 aliphatic heterocycles. The molecule has 0 atom stereocenters. The molecule has 1 N–H and O–H groups in total. The summed E-state index contributed by atoms with van der Waals surface area (Å²) in [6.45, 7) is 0. The standard InChI is InChI=1S/C13H20N2O2/c1-14-11-3-5-12(6-4-11)15(2)13(16)10-7-8-17-9-10/h7-9,11-12,14H,3-6H2,1-2H3. The number of amides is 1. The van der Waals surface area contributed by atoms with Gasteiger partial charge >= 0.3 is 0 Å². The van der Waals surface area contributed by atoms with Crippen molar-refractivity contribution in [3.8, 4) is 0 Å². The second-order valence-electron chi connectivity index (χ2n) is 4.72. The van der Waals surface area contributed by atoms with Crippen LogP contribution < -0.4 is 5.32 Å². The van der Waals surface area contributed by atoms with Crippen LogP contribution in [0, 0.1) is 0 Å². The number of rotatable bonds is 3. The van der Waals surface area contributed by atoms with Crippen LogP contribution >= 0.6 is 0 Å². The van der Waals surface area contributed by atoms with Crippen molar-refractivity contribution in [2.75, 3.05) is 14.1 Å². The number of hydrogen-bond donors (Lipinski definition) is 1. The molecule has 17 heavy (non-hydrogen) atoms. The van der Waals surface area contributed by atoms with E-state index in [9.17, 15) is 4.79 Å². The number of hydrogen-bond acceptors (Lipinski definition) is 3. The van der Waals surface area contributed by atoms with E-state index in [1.54, 1.807) is 12.3 Å². The molecule has 0 radical (unpaired) electrons. The number of furan rings is 1. The molecule has 0 bridgehead atoms. The Morgan fingerprint density at radius 2 is 2.12 bits per heavy atom. The van der Waals surface area contributed by atoms with E-state index < -0.39 is 0 Å². The Morgan fingerprint density at radius 1 is 1.41 bits per heavy atom. The molecule has 1 aromatic rings. The number of carbonyl (C=O) groups is 1. The van der Waals surface area contributed by atoms with Crippen LogP contribution in [0.15, 0.2) is 23.0 Å². The van der Waals surface area contributed by atoms with Gasteiger partial charge in [-0.3, -0.25) is 4.79 Å². The van der Waals surface area contributed by atoms with E-state index in [0.29, 0.717) is 17.6 Å². The number of nitrogens with zero attached hydrogens (tertiary/aromatic N) is 1. The summed E-state index contributed by atoms with van der Waals surface area (Å²) in [6, 6.07) is 2.70. The maximum absolute atomic E-state index is 12.1. The van der Waals surface area contributed by atoms with Crippen molar-refractivity contribution >= 4 is 5.91 Å². The van der Waals surface area contributed by atoms with E-state index in [-0.39, 0.29) is 5.91 Å². The van der Waals surface area contributed by atoms with Crippen molar-refractivity contribution in [3.05, 3.63) is 24.2 Å². The predicted octanol–water partition coefficient (Wildman–Crippen LogP) is 1.88. The van der Waals surface area contributed by atoms with E-state index in [0.717, 1.165) is 25.7 Å². The minimum Gasteiger partial charge on any atom is -0.472 e. The quantitative estimate of drug-likeness (QED) is 0.871. The number of carbonyl (C=O) groups excluding carboxylic acids is 1. The van der Waals surface area contributed by atoms with Crippen LogP contribution in [0.4, 0.5) is 0 Å². The molecule has 1 aromatic heterocycles. The van der Waals surface area contributed by atoms with E-state index in [1.165, 1.54) is 6.26 Å². The molecule has 1 aliphatic carbocycles. The minimum atomic E-state index is 0.0617. The van der Waals surface area contributed by atoms with Gasteiger partial charge in [-0.15, -0.1) is 0 Å². The third-order valence-corrected chi connectivity index (χ3v) is 3.74. The molecule has 0 aromatic carbocycles. The summed E-state index contributed by atoms with van der Waals surface area (Å²) in [7, 11) is 3.89. The highest BCUT2D eigenvalue weighted by Crippen LogP contribution is 2.23. The molecule has 1 amide bonds. The van der Waals surface area contributed by atoms with Crippen molar-refractivity contribution in [2.24, 2.45) is 0 Å². The molecule has 4 nitrogen and oxygen atoms in total. The van der Waals surface area contributed by atoms with Crippen molar-refractivity contribution in [1.29, 1.82) is 0 Å². The van der Waals surface area contributed by atoms with Gasteiger partial charge in [-0.2, -0.15) is 0 Å². The summed E-state index contributed by atoms with van der Waals surface area (Å²) in [5.74, 6) is 0.0617. The molecular weight excluding hydrogens is 216 g/mol. The van der Waals surface area contributed by atoms with Crippen molar-refractivity contribution in [2.45, 2.75) is 37.8 Å². The monoisotopic (exact) mass is 236 g/mol. The lowest BCUT2D eigenvalue weighted by Crippen LogP contribution is -2.42. The normalized spacial score (nSPS) is 24.6. The highest BCUT2D eigenvalue weighted by Gasteiger charge is 2.26. The summed E-state index contributed by atoms with van der Waals surface area (Å²) in [6.07, 6.45) is 7.49. The first-order chi connectivity index (χ1) is 8.22. The predicted molar refractivity (Wildman–Crippen MR) is 65.9 cm³/mol. The molecule has 4 heteroatoms. The lowest BCUT2D eigenvalue weighted by Gasteiger charge is -2.34. The number of nitrogens with one attached hydrogen (secondary N) is 1. The Bertz CT molecular complexity index is 354. The lowest BCUT2D eigenvalue weighted by molar-refractivity contribution is 0.0685. The maximum atomic E-state index is 12.1. The molecule has 1 heterocycles. The Balaban J connectivity index is 1.92. The molecule has 1 saturated carbocycles. The van der Waals surface area contributed by atoms with Gasteiger partial charge in [0.1, 0.15) is 6.26 Å². The second kappa shape index (κ2) is 5.36. The topological polar surface area (TPSA) is 45.5 Å². The first-order valence-electron chi connectivity index (χ1n) is 6.19. The van der Waals surface area contributed by atoms with E-state index >= 15 is 0 Å². The van der Waals surface area contributed by atoms with Crippen LogP contribution in [0.3, 0.4) is 0 Å². The van der Waals surface area contributed by atoms with Crippen LogP contribution in [0.25, 0.3) is 0 Å². The van der Waals surface area contributed by atoms with Gasteiger partial charge in [0.05, 0.1) is 11.8 Å². The first-order valence-corrected chi connectivity index (χ1v) is 6.19. The SMILES string of the molecule is CNC1CCC(N(C)C(=O)c2ccoc2)CC1. The molecular formula is C13H20N2O2. The summed E-state index contributed by atoms with van der Waals surface area (Å²) >= 11 is 0. The Kier molecular flexibility index (Phi) is 3.84. The van der Waals surface area contributed by atoms with Gasteiger partial charge < -0.3 is 14.6 Å². The van der Waals surface area contributed by atoms with Crippen molar-refractivity contribution in [1.82, 2.24) is 10.2 Å². The lowest BCUT2D eigenvalue weighted by atomic mass is 9.90. The first kappa shape index (κ1) is 12.2. The third-order valence-electron chi connectivity index (χ3n) is 3.74. The summed E-state index contributed by atoms with van der Waals surface area (Å²) in [5, 5.41) is 3.30. The van der Waals surface area contributed by atoms with Crippen LogP contribution in [0.5, 0.6) is 0 Å². The Labute approximate surface area is 102 Å². The fourth-order valence-corrected chi connectivity index (χ4v) is 2.51. The highest BCUT2D eigenvalue weighted by atomic mass is 16.3. The van der Waals surface area contributed by atoms with E-state index in [2.05, 4.69) is 5.32 Å². The van der Waals surface area contributed by atoms with Gasteiger partial charge in [0, 0.05) is 19.1 Å². The van der Waals surface area contributed by atoms with Crippen LogP contribution in [0.2, 0.25) is 0 Å². The summed E-state index contributed by atoms with van der Waals surface area (Å²) in [4.78, 5) is 14.0. The van der Waals surface area contributed by atoms with Gasteiger partial charge in [0.25, 0.3) is 5.91 Å². The zero-order valence-electron chi connectivity index (χ0n) is 10.5. The average molecular weight is 236 g/mol. The molecule has 94 valence electrons. The molecule has 0 unspecified atom stereocenters. The second-order valence-corrected chi connectivity index (χ2v) is 4.72. The molecule has 2 rings (SSSR count). The van der Waals surface area contributed by atoms with Crippen molar-refractivity contribution < 1.29 is 9.21 Å². The van der Waals surface area contributed by atoms with Gasteiger partial charge in [0.15, 0.2) is 0 Å². The Morgan fingerprint density at radius 3 is 2.65 bits per heavy atom. The van der Waals surface area contributed by atoms with Gasteiger partial charge in [0.2, 0.25) is 0 Å². The zero-order chi connectivity index (χ0) is 12.3. The summed E-state index contributed by atoms with van der Waals surface area (Å²) < 4.78 is 4.95. The van der Waals surface area contributed by atoms with Crippen molar-refractivity contribution in [3.63, 3.8) is 0 Å². The van der Waals surface area contributed by atoms with E-state index in [4.69, 9.17) is 4.42 Å². The smallest absolute Gasteiger partial charge is 0.257 e. The van der Waals surface area contributed by atoms with E-state index in [1.807, 2.05) is 19.0 Å². The van der Waals surface area contributed by atoms with Gasteiger partial charge in [-0.05, 0) is 38.8 Å². The highest BCUT2D eigenvalue weighted by molar-refractivity contribution is 5.93. The van der Waals surface area contributed by atoms with Gasteiger partial charge in [-0.1, -0.05) is 0 Å². The largest absolute Gasteiger partial charge is 0.472 e.